The van der Waals surface area contributed by atoms with Gasteiger partial charge in [0.15, 0.2) is 23.2 Å². The molecule has 0 aromatic carbocycles. The highest BCUT2D eigenvalue weighted by atomic mass is 16.6. The van der Waals surface area contributed by atoms with E-state index in [4.69, 9.17) is 16.2 Å². The summed E-state index contributed by atoms with van der Waals surface area (Å²) in [4.78, 5) is 12.6. The van der Waals surface area contributed by atoms with Crippen LogP contribution in [0.5, 0.6) is 0 Å². The van der Waals surface area contributed by atoms with Crippen LogP contribution < -0.4 is 16.8 Å². The Morgan fingerprint density at radius 3 is 2.63 bits per heavy atom. The molecule has 0 bridgehead atoms. The van der Waals surface area contributed by atoms with E-state index in [2.05, 4.69) is 20.3 Å². The first-order valence-electron chi connectivity index (χ1n) is 9.13. The number of unbranched alkanes of at least 4 members (excludes halogenated alkanes) is 3. The Bertz CT molecular complexity index is 756. The molecule has 0 spiro atoms. The molecule has 11 heteroatoms. The average molecular weight is 381 g/mol. The fourth-order valence-corrected chi connectivity index (χ4v) is 3.21. The molecular weight excluding hydrogens is 354 g/mol. The minimum absolute atomic E-state index is 0.205. The summed E-state index contributed by atoms with van der Waals surface area (Å²) in [6.45, 7) is 0.921. The van der Waals surface area contributed by atoms with Gasteiger partial charge in [0, 0.05) is 6.54 Å². The number of anilines is 2. The molecule has 150 valence electrons. The lowest BCUT2D eigenvalue weighted by Gasteiger charge is -2.19. The standard InChI is InChI=1S/C16H27N7O4/c17-5-3-1-2-4-6-19-16-22-10-13(18)20-8-21-14(10)23(16)15-12(26)11(25)9(7-24)27-15/h8-9,11-12,15,24-26H,1-7,17H2,(H,19,22)(H2,18,20,21)/t9-,11+,12-,15-/m1/s1. The summed E-state index contributed by atoms with van der Waals surface area (Å²) in [5, 5.41) is 33.1. The lowest BCUT2D eigenvalue weighted by molar-refractivity contribution is -0.0501. The molecule has 2 aromatic heterocycles. The predicted octanol–water partition coefficient (Wildman–Crippen LogP) is -1.05. The van der Waals surface area contributed by atoms with E-state index in [0.717, 1.165) is 25.7 Å². The third kappa shape index (κ3) is 3.96. The molecule has 0 amide bonds. The van der Waals surface area contributed by atoms with Crippen LogP contribution in [0.3, 0.4) is 0 Å². The van der Waals surface area contributed by atoms with Crippen molar-refractivity contribution in [1.82, 2.24) is 19.5 Å². The van der Waals surface area contributed by atoms with E-state index in [1.807, 2.05) is 0 Å². The summed E-state index contributed by atoms with van der Waals surface area (Å²) < 4.78 is 7.20. The van der Waals surface area contributed by atoms with Crippen molar-refractivity contribution in [3.63, 3.8) is 0 Å². The normalized spacial score (nSPS) is 25.3. The minimum Gasteiger partial charge on any atom is -0.394 e. The number of imidazole rings is 1. The Kier molecular flexibility index (Phi) is 6.39. The molecule has 27 heavy (non-hydrogen) atoms. The monoisotopic (exact) mass is 381 g/mol. The van der Waals surface area contributed by atoms with Crippen molar-refractivity contribution in [2.24, 2.45) is 5.73 Å². The van der Waals surface area contributed by atoms with Gasteiger partial charge in [0.25, 0.3) is 0 Å². The van der Waals surface area contributed by atoms with E-state index in [0.29, 0.717) is 30.2 Å². The maximum absolute atomic E-state index is 10.4. The number of aliphatic hydroxyl groups is 3. The predicted molar refractivity (Wildman–Crippen MR) is 98.8 cm³/mol. The van der Waals surface area contributed by atoms with Gasteiger partial charge in [-0.25, -0.2) is 15.0 Å². The zero-order valence-electron chi connectivity index (χ0n) is 15.0. The van der Waals surface area contributed by atoms with Gasteiger partial charge in [-0.2, -0.15) is 0 Å². The van der Waals surface area contributed by atoms with E-state index in [1.54, 1.807) is 4.57 Å². The molecule has 1 fully saturated rings. The molecule has 0 saturated carbocycles. The minimum atomic E-state index is -1.25. The summed E-state index contributed by atoms with van der Waals surface area (Å²) in [5.41, 5.74) is 12.2. The lowest BCUT2D eigenvalue weighted by Crippen LogP contribution is -2.33. The van der Waals surface area contributed by atoms with Crippen LogP contribution in [-0.2, 0) is 4.74 Å². The highest BCUT2D eigenvalue weighted by Crippen LogP contribution is 2.35. The second-order valence-electron chi connectivity index (χ2n) is 6.60. The number of aromatic nitrogens is 4. The number of nitrogens with zero attached hydrogens (tertiary/aromatic N) is 4. The molecule has 1 aliphatic rings. The first-order chi connectivity index (χ1) is 13.1. The van der Waals surface area contributed by atoms with Gasteiger partial charge in [0.1, 0.15) is 24.6 Å². The Morgan fingerprint density at radius 2 is 1.93 bits per heavy atom. The van der Waals surface area contributed by atoms with Crippen LogP contribution in [0, 0.1) is 0 Å². The largest absolute Gasteiger partial charge is 0.394 e. The van der Waals surface area contributed by atoms with Crippen molar-refractivity contribution in [2.45, 2.75) is 50.2 Å². The van der Waals surface area contributed by atoms with E-state index in [-0.39, 0.29) is 5.82 Å². The number of hydrogen-bond donors (Lipinski definition) is 6. The summed E-state index contributed by atoms with van der Waals surface area (Å²) in [7, 11) is 0. The molecule has 3 heterocycles. The van der Waals surface area contributed by atoms with E-state index < -0.39 is 31.1 Å². The fourth-order valence-electron chi connectivity index (χ4n) is 3.21. The lowest BCUT2D eigenvalue weighted by atomic mass is 10.1. The second-order valence-corrected chi connectivity index (χ2v) is 6.60. The fraction of sp³-hybridized carbons (Fsp3) is 0.688. The number of nitrogens with two attached hydrogens (primary N) is 2. The van der Waals surface area contributed by atoms with Gasteiger partial charge in [0.05, 0.1) is 6.61 Å². The van der Waals surface area contributed by atoms with Crippen LogP contribution in [0.2, 0.25) is 0 Å². The summed E-state index contributed by atoms with van der Waals surface area (Å²) in [6, 6.07) is 0. The van der Waals surface area contributed by atoms with E-state index in [9.17, 15) is 15.3 Å². The maximum Gasteiger partial charge on any atom is 0.207 e. The maximum atomic E-state index is 10.4. The number of ether oxygens (including phenoxy) is 1. The zero-order valence-corrected chi connectivity index (χ0v) is 15.0. The number of hydrogen-bond acceptors (Lipinski definition) is 10. The van der Waals surface area contributed by atoms with Crippen LogP contribution in [0.4, 0.5) is 11.8 Å². The van der Waals surface area contributed by atoms with Crippen molar-refractivity contribution < 1.29 is 20.1 Å². The molecule has 2 aromatic rings. The Hall–Kier alpha value is -2.05. The first kappa shape index (κ1) is 19.7. The number of nitrogen functional groups attached to an aromatic ring is 1. The van der Waals surface area contributed by atoms with Crippen molar-refractivity contribution in [2.75, 3.05) is 30.7 Å². The number of rotatable bonds is 9. The molecule has 8 N–H and O–H groups in total. The van der Waals surface area contributed by atoms with Crippen molar-refractivity contribution >= 4 is 22.9 Å². The van der Waals surface area contributed by atoms with Crippen LogP contribution in [0.25, 0.3) is 11.2 Å². The third-order valence-electron chi connectivity index (χ3n) is 4.69. The van der Waals surface area contributed by atoms with Gasteiger partial charge in [-0.3, -0.25) is 4.57 Å². The highest BCUT2D eigenvalue weighted by Gasteiger charge is 2.45. The van der Waals surface area contributed by atoms with Crippen LogP contribution >= 0.6 is 0 Å². The summed E-state index contributed by atoms with van der Waals surface area (Å²) in [5.74, 6) is 0.613. The van der Waals surface area contributed by atoms with Crippen molar-refractivity contribution in [3.05, 3.63) is 6.33 Å². The quantitative estimate of drug-likeness (QED) is 0.294. The first-order valence-corrected chi connectivity index (χ1v) is 9.13. The van der Waals surface area contributed by atoms with Gasteiger partial charge >= 0.3 is 0 Å². The summed E-state index contributed by atoms with van der Waals surface area (Å²) in [6.07, 6.45) is 0.965. The van der Waals surface area contributed by atoms with Crippen LogP contribution in [0.1, 0.15) is 31.9 Å². The van der Waals surface area contributed by atoms with Gasteiger partial charge in [-0.15, -0.1) is 0 Å². The van der Waals surface area contributed by atoms with Crippen LogP contribution in [0.15, 0.2) is 6.33 Å². The third-order valence-corrected chi connectivity index (χ3v) is 4.69. The van der Waals surface area contributed by atoms with Gasteiger partial charge in [-0.1, -0.05) is 12.8 Å². The molecule has 3 rings (SSSR count). The molecule has 11 nitrogen and oxygen atoms in total. The van der Waals surface area contributed by atoms with E-state index in [1.165, 1.54) is 6.33 Å². The Balaban J connectivity index is 1.85. The number of aliphatic hydroxyl groups excluding tert-OH is 3. The Labute approximate surface area is 156 Å². The molecule has 1 aliphatic heterocycles. The van der Waals surface area contributed by atoms with E-state index >= 15 is 0 Å². The SMILES string of the molecule is NCCCCCCNc1nc2c(N)ncnc2n1[C@@H]1O[C@H](CO)[C@H](O)[C@H]1O. The Morgan fingerprint density at radius 1 is 1.15 bits per heavy atom. The highest BCUT2D eigenvalue weighted by molar-refractivity contribution is 5.84. The summed E-state index contributed by atoms with van der Waals surface area (Å²) >= 11 is 0. The van der Waals surface area contributed by atoms with Crippen LogP contribution in [-0.4, -0.2) is 72.8 Å². The second kappa shape index (κ2) is 8.76. The van der Waals surface area contributed by atoms with Gasteiger partial charge in [-0.05, 0) is 19.4 Å². The number of fused-ring (bicyclic) bond motifs is 1. The molecular formula is C16H27N7O4. The molecule has 0 aliphatic carbocycles. The van der Waals surface area contributed by atoms with Crippen molar-refractivity contribution in [1.29, 1.82) is 0 Å². The molecule has 0 radical (unpaired) electrons. The van der Waals surface area contributed by atoms with Gasteiger partial charge < -0.3 is 36.8 Å². The number of nitrogens with one attached hydrogen (secondary N) is 1. The topological polar surface area (TPSA) is 178 Å². The smallest absolute Gasteiger partial charge is 0.207 e. The molecule has 4 atom stereocenters. The zero-order chi connectivity index (χ0) is 19.4. The van der Waals surface area contributed by atoms with Crippen molar-refractivity contribution in [3.8, 4) is 0 Å². The van der Waals surface area contributed by atoms with Gasteiger partial charge in [0.2, 0.25) is 5.95 Å². The average Bonchev–Trinajstić information content (AvgIpc) is 3.17. The molecule has 1 saturated heterocycles. The molecule has 0 unspecified atom stereocenters.